The molecular formula is C56H56Cl4N4O8. The third kappa shape index (κ3) is 10.3. The van der Waals surface area contributed by atoms with E-state index in [4.69, 9.17) is 55.9 Å². The molecule has 0 bridgehead atoms. The van der Waals surface area contributed by atoms with Gasteiger partial charge in [-0.1, -0.05) is 94.9 Å². The number of aliphatic hydroxyl groups is 4. The number of fused-ring (bicyclic) bond motifs is 2. The fourth-order valence-electron chi connectivity index (χ4n) is 10.2. The lowest BCUT2D eigenvalue weighted by Crippen LogP contribution is -2.48. The first kappa shape index (κ1) is 51.9. The Morgan fingerprint density at radius 1 is 0.542 bits per heavy atom. The molecule has 2 fully saturated rings. The van der Waals surface area contributed by atoms with Crippen LogP contribution in [0, 0.1) is 0 Å². The van der Waals surface area contributed by atoms with E-state index in [1.165, 1.54) is 0 Å². The highest BCUT2D eigenvalue weighted by molar-refractivity contribution is 6.31. The van der Waals surface area contributed by atoms with Crippen molar-refractivity contribution in [1.82, 2.24) is 19.8 Å². The van der Waals surface area contributed by atoms with Crippen molar-refractivity contribution < 1.29 is 39.5 Å². The SMILES string of the molecule is CC(C)(O)c1ccc2c(c1)C(=O)N(Cc1ccc(Cl)cn1)[C@@]2(O[C@@H]1CC[C@H](O)C1)c1ccc(Cl)cc1.CC(C)(O)c1ccc2c(c1)C(=O)N(Cc1ccc(Cl)cn1)[C@@]2(O[C@H]1CC[C@@H](O)C1)c1ccc(Cl)cc1. The van der Waals surface area contributed by atoms with Gasteiger partial charge in [-0.05, 0) is 138 Å². The number of halogens is 4. The average molecular weight is 1050 g/mol. The molecular weight excluding hydrogens is 998 g/mol. The molecule has 0 spiro atoms. The van der Waals surface area contributed by atoms with E-state index >= 15 is 0 Å². The summed E-state index contributed by atoms with van der Waals surface area (Å²) >= 11 is 24.6. The molecule has 2 aliphatic heterocycles. The summed E-state index contributed by atoms with van der Waals surface area (Å²) in [6.07, 6.45) is 5.27. The smallest absolute Gasteiger partial charge is 0.257 e. The van der Waals surface area contributed by atoms with Gasteiger partial charge in [-0.2, -0.15) is 0 Å². The van der Waals surface area contributed by atoms with Crippen molar-refractivity contribution in [2.24, 2.45) is 0 Å². The zero-order valence-corrected chi connectivity index (χ0v) is 43.3. The number of hydrogen-bond acceptors (Lipinski definition) is 10. The first-order valence-electron chi connectivity index (χ1n) is 24.0. The molecule has 6 atom stereocenters. The molecule has 2 saturated carbocycles. The predicted molar refractivity (Wildman–Crippen MR) is 276 cm³/mol. The van der Waals surface area contributed by atoms with Gasteiger partial charge in [-0.25, -0.2) is 0 Å². The molecule has 2 amide bonds. The number of aromatic nitrogens is 2. The quantitative estimate of drug-likeness (QED) is 0.0927. The van der Waals surface area contributed by atoms with Crippen molar-refractivity contribution >= 4 is 58.2 Å². The monoisotopic (exact) mass is 1050 g/mol. The van der Waals surface area contributed by atoms with Gasteiger partial charge in [0.15, 0.2) is 11.4 Å². The van der Waals surface area contributed by atoms with Gasteiger partial charge in [-0.15, -0.1) is 0 Å². The first-order valence-corrected chi connectivity index (χ1v) is 25.5. The fraction of sp³-hybridized carbons (Fsp3) is 0.357. The van der Waals surface area contributed by atoms with Crippen LogP contribution in [0.4, 0.5) is 0 Å². The predicted octanol–water partition coefficient (Wildman–Crippen LogP) is 10.8. The molecule has 376 valence electrons. The normalized spacial score (nSPS) is 23.8. The summed E-state index contributed by atoms with van der Waals surface area (Å²) in [6, 6.07) is 32.5. The standard InChI is InChI=1S/2C28H28Cl2N2O4/c2*1-27(2,35)18-5-12-25-24(13-18)26(34)32(16-21-9-8-20(30)15-31-21)28(25,17-3-6-19(29)7-4-17)36-23-11-10-22(33)14-23/h2*3-9,12-13,15,22-23,33,35H,10-11,14,16H2,1-2H3/t22-,23+,28+;22-,23+,28-/m01/s1. The minimum Gasteiger partial charge on any atom is -0.393 e. The Hall–Kier alpha value is -4.96. The van der Waals surface area contributed by atoms with Crippen LogP contribution in [0.5, 0.6) is 0 Å². The van der Waals surface area contributed by atoms with Crippen LogP contribution in [0.25, 0.3) is 0 Å². The molecule has 16 heteroatoms. The van der Waals surface area contributed by atoms with Gasteiger partial charge in [-0.3, -0.25) is 29.4 Å². The average Bonchev–Trinajstić information content (AvgIpc) is 4.07. The minimum atomic E-state index is -1.27. The van der Waals surface area contributed by atoms with Crippen LogP contribution in [0.1, 0.15) is 132 Å². The summed E-state index contributed by atoms with van der Waals surface area (Å²) in [5, 5.41) is 43.9. The molecule has 10 rings (SSSR count). The summed E-state index contributed by atoms with van der Waals surface area (Å²) in [6.45, 7) is 7.08. The number of aliphatic hydroxyl groups excluding tert-OH is 2. The maximum atomic E-state index is 14.1. The van der Waals surface area contributed by atoms with Crippen molar-refractivity contribution in [3.8, 4) is 0 Å². The van der Waals surface area contributed by atoms with Crippen LogP contribution in [0.15, 0.2) is 122 Å². The second-order valence-corrected chi connectivity index (χ2v) is 21.8. The van der Waals surface area contributed by atoms with Crippen molar-refractivity contribution in [2.45, 2.75) is 126 Å². The van der Waals surface area contributed by atoms with E-state index in [-0.39, 0.29) is 37.1 Å². The van der Waals surface area contributed by atoms with E-state index in [0.717, 1.165) is 11.1 Å². The minimum absolute atomic E-state index is 0.167. The van der Waals surface area contributed by atoms with Crippen molar-refractivity contribution in [3.05, 3.63) is 198 Å². The number of benzene rings is 4. The molecule has 2 aromatic heterocycles. The van der Waals surface area contributed by atoms with Gasteiger partial charge < -0.3 is 29.9 Å². The molecule has 4 N–H and O–H groups in total. The molecule has 0 unspecified atom stereocenters. The Labute approximate surface area is 439 Å². The van der Waals surface area contributed by atoms with Crippen LogP contribution in [-0.2, 0) is 45.2 Å². The molecule has 6 aromatic rings. The number of pyridine rings is 2. The van der Waals surface area contributed by atoms with Crippen molar-refractivity contribution in [2.75, 3.05) is 0 Å². The summed E-state index contributed by atoms with van der Waals surface area (Å²) in [5.74, 6) is -0.470. The first-order chi connectivity index (χ1) is 34.1. The van der Waals surface area contributed by atoms with E-state index in [0.29, 0.717) is 103 Å². The molecule has 2 aliphatic carbocycles. The van der Waals surface area contributed by atoms with E-state index in [2.05, 4.69) is 9.97 Å². The van der Waals surface area contributed by atoms with Crippen LogP contribution in [-0.4, -0.2) is 76.4 Å². The Morgan fingerprint density at radius 2 is 0.903 bits per heavy atom. The highest BCUT2D eigenvalue weighted by Crippen LogP contribution is 2.51. The second-order valence-electron chi connectivity index (χ2n) is 20.1. The number of ether oxygens (including phenoxy) is 2. The van der Waals surface area contributed by atoms with E-state index in [1.807, 2.05) is 48.5 Å². The largest absolute Gasteiger partial charge is 0.393 e. The zero-order chi connectivity index (χ0) is 51.3. The maximum absolute atomic E-state index is 14.1. The molecule has 4 heterocycles. The lowest BCUT2D eigenvalue weighted by molar-refractivity contribution is -0.148. The van der Waals surface area contributed by atoms with Crippen LogP contribution in [0.3, 0.4) is 0 Å². The molecule has 4 aliphatic rings. The Morgan fingerprint density at radius 3 is 1.21 bits per heavy atom. The molecule has 12 nitrogen and oxygen atoms in total. The third-order valence-corrected chi connectivity index (χ3v) is 14.9. The van der Waals surface area contributed by atoms with Gasteiger partial charge in [0.1, 0.15) is 0 Å². The Kier molecular flexibility index (Phi) is 14.7. The third-order valence-electron chi connectivity index (χ3n) is 14.0. The van der Waals surface area contributed by atoms with E-state index in [1.54, 1.807) is 111 Å². The summed E-state index contributed by atoms with van der Waals surface area (Å²) in [5.41, 5.74) is 1.51. The fourth-order valence-corrected chi connectivity index (χ4v) is 10.7. The number of nitrogens with zero attached hydrogens (tertiary/aromatic N) is 4. The zero-order valence-electron chi connectivity index (χ0n) is 40.2. The second kappa shape index (κ2) is 20.4. The highest BCUT2D eigenvalue weighted by Gasteiger charge is 2.56. The van der Waals surface area contributed by atoms with E-state index in [9.17, 15) is 30.0 Å². The van der Waals surface area contributed by atoms with Gasteiger partial charge in [0.25, 0.3) is 11.8 Å². The van der Waals surface area contributed by atoms with Crippen LogP contribution < -0.4 is 0 Å². The summed E-state index contributed by atoms with van der Waals surface area (Å²) in [4.78, 5) is 40.4. The Bertz CT molecular complexity index is 2750. The number of amides is 2. The van der Waals surface area contributed by atoms with Crippen molar-refractivity contribution in [3.63, 3.8) is 0 Å². The number of carbonyl (C=O) groups excluding carboxylic acids is 2. The molecule has 0 radical (unpaired) electrons. The lowest BCUT2D eigenvalue weighted by atomic mass is 9.89. The molecule has 4 aromatic carbocycles. The maximum Gasteiger partial charge on any atom is 0.257 e. The number of rotatable bonds is 12. The molecule has 72 heavy (non-hydrogen) atoms. The topological polar surface area (TPSA) is 166 Å². The van der Waals surface area contributed by atoms with Gasteiger partial charge in [0.05, 0.1) is 70.1 Å². The van der Waals surface area contributed by atoms with Gasteiger partial charge in [0.2, 0.25) is 0 Å². The number of carbonyl (C=O) groups is 2. The summed E-state index contributed by atoms with van der Waals surface area (Å²) in [7, 11) is 0. The molecule has 0 saturated heterocycles. The van der Waals surface area contributed by atoms with Gasteiger partial charge in [0, 0.05) is 55.8 Å². The number of hydrogen-bond donors (Lipinski definition) is 4. The van der Waals surface area contributed by atoms with Gasteiger partial charge >= 0.3 is 0 Å². The lowest BCUT2D eigenvalue weighted by Gasteiger charge is -2.41. The van der Waals surface area contributed by atoms with E-state index < -0.39 is 34.9 Å². The van der Waals surface area contributed by atoms with Crippen LogP contribution >= 0.6 is 46.4 Å². The van der Waals surface area contributed by atoms with Crippen molar-refractivity contribution in [1.29, 1.82) is 0 Å². The summed E-state index contributed by atoms with van der Waals surface area (Å²) < 4.78 is 13.7. The van der Waals surface area contributed by atoms with Crippen LogP contribution in [0.2, 0.25) is 20.1 Å². The highest BCUT2D eigenvalue weighted by atomic mass is 35.5. The Balaban J connectivity index is 0.000000178.